The largest absolute Gasteiger partial charge is 0.354 e. The van der Waals surface area contributed by atoms with Crippen LogP contribution < -0.4 is 5.32 Å². The summed E-state index contributed by atoms with van der Waals surface area (Å²) < 4.78 is 10.6. The Balaban J connectivity index is 2.47. The Bertz CT molecular complexity index is 252. The molecule has 1 aliphatic rings. The molecule has 0 aromatic carbocycles. The van der Waals surface area contributed by atoms with Gasteiger partial charge in [-0.2, -0.15) is 0 Å². The molecule has 5 heteroatoms. The fraction of sp³-hybridized carbons (Fsp3) is 1.00. The molecule has 0 spiro atoms. The zero-order valence-corrected chi connectivity index (χ0v) is 14.1. The Labute approximate surface area is 124 Å². The van der Waals surface area contributed by atoms with E-state index in [1.165, 1.54) is 0 Å². The van der Waals surface area contributed by atoms with E-state index < -0.39 is 0 Å². The van der Waals surface area contributed by atoms with Gasteiger partial charge in [0.05, 0.1) is 6.04 Å². The molecule has 1 aliphatic heterocycles. The van der Waals surface area contributed by atoms with E-state index in [2.05, 4.69) is 42.9 Å². The van der Waals surface area contributed by atoms with Crippen LogP contribution in [0.2, 0.25) is 0 Å². The van der Waals surface area contributed by atoms with E-state index in [4.69, 9.17) is 9.47 Å². The van der Waals surface area contributed by atoms with Crippen LogP contribution in [0.15, 0.2) is 0 Å². The molecule has 1 fully saturated rings. The second-order valence-electron chi connectivity index (χ2n) is 6.19. The standard InChI is InChI=1S/C15H33N3O2/c1-12(2)14(18-9-7-17(4)8-10-18)11-16-13(3)15(19-5)20-6/h12-16H,7-11H2,1-6H3. The lowest BCUT2D eigenvalue weighted by molar-refractivity contribution is -0.120. The molecule has 2 atom stereocenters. The van der Waals surface area contributed by atoms with Gasteiger partial charge >= 0.3 is 0 Å². The van der Waals surface area contributed by atoms with Gasteiger partial charge in [-0.05, 0) is 19.9 Å². The number of nitrogens with one attached hydrogen (secondary N) is 1. The predicted octanol–water partition coefficient (Wildman–Crippen LogP) is 0.855. The van der Waals surface area contributed by atoms with Gasteiger partial charge in [0.15, 0.2) is 6.29 Å². The van der Waals surface area contributed by atoms with Crippen LogP contribution in [0, 0.1) is 5.92 Å². The summed E-state index contributed by atoms with van der Waals surface area (Å²) in [5, 5.41) is 3.57. The van der Waals surface area contributed by atoms with Crippen LogP contribution in [0.5, 0.6) is 0 Å². The first kappa shape index (κ1) is 17.9. The van der Waals surface area contributed by atoms with Gasteiger partial charge in [0.1, 0.15) is 0 Å². The summed E-state index contributed by atoms with van der Waals surface area (Å²) in [5.74, 6) is 0.640. The second kappa shape index (κ2) is 8.95. The van der Waals surface area contributed by atoms with E-state index >= 15 is 0 Å². The first-order chi connectivity index (χ1) is 9.49. The zero-order chi connectivity index (χ0) is 15.1. The predicted molar refractivity (Wildman–Crippen MR) is 83.0 cm³/mol. The van der Waals surface area contributed by atoms with Crippen LogP contribution in [-0.4, -0.2) is 82.2 Å². The number of rotatable bonds is 8. The van der Waals surface area contributed by atoms with Crippen LogP contribution in [0.4, 0.5) is 0 Å². The van der Waals surface area contributed by atoms with Crippen molar-refractivity contribution in [1.29, 1.82) is 0 Å². The SMILES string of the molecule is COC(OC)C(C)NCC(C(C)C)N1CCN(C)CC1. The highest BCUT2D eigenvalue weighted by molar-refractivity contribution is 4.82. The molecule has 0 bridgehead atoms. The first-order valence-electron chi connectivity index (χ1n) is 7.71. The van der Waals surface area contributed by atoms with Gasteiger partial charge in [-0.3, -0.25) is 4.90 Å². The Morgan fingerprint density at radius 3 is 2.00 bits per heavy atom. The number of piperazine rings is 1. The number of likely N-dealkylation sites (N-methyl/N-ethyl adjacent to an activating group) is 1. The normalized spacial score (nSPS) is 21.6. The molecule has 2 unspecified atom stereocenters. The molecular weight excluding hydrogens is 254 g/mol. The van der Waals surface area contributed by atoms with Crippen molar-refractivity contribution >= 4 is 0 Å². The van der Waals surface area contributed by atoms with Gasteiger partial charge in [0, 0.05) is 53.0 Å². The summed E-state index contributed by atoms with van der Waals surface area (Å²) in [7, 11) is 5.57. The van der Waals surface area contributed by atoms with Gasteiger partial charge in [-0.15, -0.1) is 0 Å². The summed E-state index contributed by atoms with van der Waals surface area (Å²) in [6.07, 6.45) is -0.185. The fourth-order valence-electron chi connectivity index (χ4n) is 2.85. The lowest BCUT2D eigenvalue weighted by Crippen LogP contribution is -2.55. The minimum absolute atomic E-state index is 0.185. The van der Waals surface area contributed by atoms with Crippen molar-refractivity contribution < 1.29 is 9.47 Å². The molecule has 1 N–H and O–H groups in total. The molecule has 1 saturated heterocycles. The van der Waals surface area contributed by atoms with Crippen molar-refractivity contribution in [2.75, 3.05) is 54.0 Å². The maximum atomic E-state index is 5.31. The summed E-state index contributed by atoms with van der Waals surface area (Å²) in [6.45, 7) is 12.3. The maximum absolute atomic E-state index is 5.31. The van der Waals surface area contributed by atoms with Crippen molar-refractivity contribution in [1.82, 2.24) is 15.1 Å². The number of hydrogen-bond acceptors (Lipinski definition) is 5. The Hall–Kier alpha value is -0.200. The average molecular weight is 287 g/mol. The number of nitrogens with zero attached hydrogens (tertiary/aromatic N) is 2. The van der Waals surface area contributed by atoms with Crippen molar-refractivity contribution in [2.45, 2.75) is 39.1 Å². The smallest absolute Gasteiger partial charge is 0.171 e. The van der Waals surface area contributed by atoms with E-state index in [0.29, 0.717) is 12.0 Å². The third kappa shape index (κ3) is 5.30. The average Bonchev–Trinajstić information content (AvgIpc) is 2.42. The van der Waals surface area contributed by atoms with E-state index in [1.54, 1.807) is 14.2 Å². The quantitative estimate of drug-likeness (QED) is 0.670. The van der Waals surface area contributed by atoms with Gasteiger partial charge in [0.2, 0.25) is 0 Å². The van der Waals surface area contributed by atoms with Gasteiger partial charge < -0.3 is 19.7 Å². The Kier molecular flexibility index (Phi) is 7.99. The molecule has 0 aromatic rings. The summed E-state index contributed by atoms with van der Waals surface area (Å²) in [6, 6.07) is 0.763. The molecule has 120 valence electrons. The van der Waals surface area contributed by atoms with Crippen molar-refractivity contribution in [3.05, 3.63) is 0 Å². The number of methoxy groups -OCH3 is 2. The molecule has 0 aliphatic carbocycles. The summed E-state index contributed by atoms with van der Waals surface area (Å²) in [4.78, 5) is 5.01. The molecule has 20 heavy (non-hydrogen) atoms. The minimum Gasteiger partial charge on any atom is -0.354 e. The van der Waals surface area contributed by atoms with Crippen LogP contribution >= 0.6 is 0 Å². The van der Waals surface area contributed by atoms with Crippen molar-refractivity contribution in [3.8, 4) is 0 Å². The van der Waals surface area contributed by atoms with Crippen molar-refractivity contribution in [3.63, 3.8) is 0 Å². The second-order valence-corrected chi connectivity index (χ2v) is 6.19. The third-order valence-corrected chi connectivity index (χ3v) is 4.30. The highest BCUT2D eigenvalue weighted by Crippen LogP contribution is 2.13. The summed E-state index contributed by atoms with van der Waals surface area (Å²) >= 11 is 0. The molecule has 0 radical (unpaired) electrons. The monoisotopic (exact) mass is 287 g/mol. The molecule has 0 aromatic heterocycles. The molecule has 0 saturated carbocycles. The topological polar surface area (TPSA) is 37.0 Å². The van der Waals surface area contributed by atoms with E-state index in [0.717, 1.165) is 32.7 Å². The highest BCUT2D eigenvalue weighted by atomic mass is 16.7. The molecule has 1 heterocycles. The van der Waals surface area contributed by atoms with Gasteiger partial charge in [-0.25, -0.2) is 0 Å². The molecular formula is C15H33N3O2. The van der Waals surface area contributed by atoms with Crippen LogP contribution in [0.1, 0.15) is 20.8 Å². The lowest BCUT2D eigenvalue weighted by Gasteiger charge is -2.40. The number of ether oxygens (including phenoxy) is 2. The third-order valence-electron chi connectivity index (χ3n) is 4.30. The number of hydrogen-bond donors (Lipinski definition) is 1. The van der Waals surface area contributed by atoms with Crippen LogP contribution in [-0.2, 0) is 9.47 Å². The Morgan fingerprint density at radius 2 is 1.55 bits per heavy atom. The van der Waals surface area contributed by atoms with E-state index in [-0.39, 0.29) is 12.3 Å². The van der Waals surface area contributed by atoms with Crippen molar-refractivity contribution in [2.24, 2.45) is 5.92 Å². The minimum atomic E-state index is -0.185. The molecule has 5 nitrogen and oxygen atoms in total. The fourth-order valence-corrected chi connectivity index (χ4v) is 2.85. The highest BCUT2D eigenvalue weighted by Gasteiger charge is 2.26. The summed E-state index contributed by atoms with van der Waals surface area (Å²) in [5.41, 5.74) is 0. The Morgan fingerprint density at radius 1 is 1.00 bits per heavy atom. The molecule has 0 amide bonds. The maximum Gasteiger partial charge on any atom is 0.171 e. The van der Waals surface area contributed by atoms with Crippen LogP contribution in [0.3, 0.4) is 0 Å². The van der Waals surface area contributed by atoms with E-state index in [9.17, 15) is 0 Å². The zero-order valence-electron chi connectivity index (χ0n) is 14.1. The first-order valence-corrected chi connectivity index (χ1v) is 7.71. The van der Waals surface area contributed by atoms with Gasteiger partial charge in [-0.1, -0.05) is 13.8 Å². The van der Waals surface area contributed by atoms with Crippen LogP contribution in [0.25, 0.3) is 0 Å². The lowest BCUT2D eigenvalue weighted by atomic mass is 10.0. The van der Waals surface area contributed by atoms with Gasteiger partial charge in [0.25, 0.3) is 0 Å². The van der Waals surface area contributed by atoms with E-state index in [1.807, 2.05) is 0 Å². The molecule has 1 rings (SSSR count).